The van der Waals surface area contributed by atoms with E-state index in [0.29, 0.717) is 16.6 Å². The van der Waals surface area contributed by atoms with Crippen LogP contribution in [-0.2, 0) is 6.42 Å². The first-order valence-electron chi connectivity index (χ1n) is 5.90. The topological polar surface area (TPSA) is 38.9 Å². The van der Waals surface area contributed by atoms with E-state index in [0.717, 1.165) is 23.0 Å². The van der Waals surface area contributed by atoms with Gasteiger partial charge < -0.3 is 4.42 Å². The van der Waals surface area contributed by atoms with Crippen molar-refractivity contribution >= 4 is 34.2 Å². The Labute approximate surface area is 120 Å². The summed E-state index contributed by atoms with van der Waals surface area (Å²) in [5.41, 5.74) is 2.54. The highest BCUT2D eigenvalue weighted by Gasteiger charge is 2.16. The third-order valence-electron chi connectivity index (χ3n) is 2.95. The number of hydrogen-bond acceptors (Lipinski definition) is 3. The quantitative estimate of drug-likeness (QED) is 0.505. The molecular formula is C14H10Cl2N2O. The summed E-state index contributed by atoms with van der Waals surface area (Å²) >= 11 is 11.8. The van der Waals surface area contributed by atoms with E-state index >= 15 is 0 Å². The van der Waals surface area contributed by atoms with Crippen LogP contribution in [0.4, 0.5) is 0 Å². The molecule has 0 radical (unpaired) electrons. The van der Waals surface area contributed by atoms with E-state index < -0.39 is 0 Å². The number of aromatic nitrogens is 2. The highest BCUT2D eigenvalue weighted by atomic mass is 35.5. The molecule has 0 saturated heterocycles. The van der Waals surface area contributed by atoms with Crippen molar-refractivity contribution in [3.05, 3.63) is 46.3 Å². The number of nitrogens with zero attached hydrogens (tertiary/aromatic N) is 2. The minimum absolute atomic E-state index is 0.116. The predicted octanol–water partition coefficient (Wildman–Crippen LogP) is 4.76. The molecule has 0 bridgehead atoms. The fourth-order valence-corrected chi connectivity index (χ4v) is 2.57. The maximum Gasteiger partial charge on any atom is 0.224 e. The highest BCUT2D eigenvalue weighted by molar-refractivity contribution is 6.32. The van der Waals surface area contributed by atoms with Crippen LogP contribution in [0.25, 0.3) is 22.4 Å². The van der Waals surface area contributed by atoms with Gasteiger partial charge in [0.05, 0.1) is 0 Å². The molecule has 0 saturated carbocycles. The second kappa shape index (κ2) is 4.83. The summed E-state index contributed by atoms with van der Waals surface area (Å²) in [6.07, 6.45) is 0.839. The normalized spacial score (nSPS) is 11.1. The largest absolute Gasteiger partial charge is 0.454 e. The summed E-state index contributed by atoms with van der Waals surface area (Å²) in [5, 5.41) is 1.51. The van der Waals surface area contributed by atoms with Crippen LogP contribution in [0, 0.1) is 0 Å². The van der Waals surface area contributed by atoms with Gasteiger partial charge in [0.25, 0.3) is 0 Å². The molecule has 19 heavy (non-hydrogen) atoms. The van der Waals surface area contributed by atoms with Gasteiger partial charge in [0.1, 0.15) is 16.4 Å². The molecule has 0 N–H and O–H groups in total. The lowest BCUT2D eigenvalue weighted by Crippen LogP contribution is -1.90. The Kier molecular flexibility index (Phi) is 3.17. The number of rotatable bonds is 2. The Morgan fingerprint density at radius 1 is 1.16 bits per heavy atom. The van der Waals surface area contributed by atoms with Crippen molar-refractivity contribution in [1.82, 2.24) is 9.97 Å². The summed E-state index contributed by atoms with van der Waals surface area (Å²) in [6.45, 7) is 2.07. The van der Waals surface area contributed by atoms with Crippen molar-refractivity contribution in [3.8, 4) is 11.5 Å². The minimum Gasteiger partial charge on any atom is -0.454 e. The fourth-order valence-electron chi connectivity index (χ4n) is 2.16. The third kappa shape index (κ3) is 2.20. The van der Waals surface area contributed by atoms with Crippen molar-refractivity contribution < 1.29 is 4.42 Å². The first-order valence-corrected chi connectivity index (χ1v) is 6.65. The summed E-state index contributed by atoms with van der Waals surface area (Å²) in [5.74, 6) is 0.704. The van der Waals surface area contributed by atoms with Gasteiger partial charge >= 0.3 is 0 Å². The lowest BCUT2D eigenvalue weighted by molar-refractivity contribution is 0.624. The Morgan fingerprint density at radius 2 is 1.95 bits per heavy atom. The molecule has 96 valence electrons. The molecule has 3 aromatic rings. The Morgan fingerprint density at radius 3 is 2.68 bits per heavy atom. The van der Waals surface area contributed by atoms with E-state index in [9.17, 15) is 0 Å². The molecule has 2 heterocycles. The van der Waals surface area contributed by atoms with Gasteiger partial charge in [-0.25, -0.2) is 9.97 Å². The standard InChI is InChI=1S/C14H10Cl2N2O/c1-2-8-9-5-3-4-6-11(9)19-13(8)10-7-12(15)18-14(16)17-10/h3-7H,2H2,1H3. The van der Waals surface area contributed by atoms with Crippen molar-refractivity contribution in [2.45, 2.75) is 13.3 Å². The van der Waals surface area contributed by atoms with Gasteiger partial charge in [0.15, 0.2) is 5.76 Å². The van der Waals surface area contributed by atoms with Crippen LogP contribution in [-0.4, -0.2) is 9.97 Å². The van der Waals surface area contributed by atoms with Crippen molar-refractivity contribution in [1.29, 1.82) is 0 Å². The summed E-state index contributed by atoms with van der Waals surface area (Å²) in [6, 6.07) is 9.55. The van der Waals surface area contributed by atoms with E-state index in [4.69, 9.17) is 27.6 Å². The van der Waals surface area contributed by atoms with Crippen LogP contribution in [0.2, 0.25) is 10.4 Å². The molecule has 0 amide bonds. The zero-order valence-electron chi connectivity index (χ0n) is 10.2. The lowest BCUT2D eigenvalue weighted by atomic mass is 10.1. The van der Waals surface area contributed by atoms with Crippen LogP contribution < -0.4 is 0 Å². The van der Waals surface area contributed by atoms with E-state index in [1.54, 1.807) is 6.07 Å². The molecular weight excluding hydrogens is 283 g/mol. The Balaban J connectivity index is 2.29. The van der Waals surface area contributed by atoms with E-state index in [1.165, 1.54) is 0 Å². The van der Waals surface area contributed by atoms with E-state index in [2.05, 4.69) is 16.9 Å². The summed E-state index contributed by atoms with van der Waals surface area (Å²) < 4.78 is 5.88. The van der Waals surface area contributed by atoms with Crippen molar-refractivity contribution in [2.24, 2.45) is 0 Å². The van der Waals surface area contributed by atoms with Crippen LogP contribution in [0.15, 0.2) is 34.7 Å². The SMILES string of the molecule is CCc1c(-c2cc(Cl)nc(Cl)n2)oc2ccccc12. The molecule has 5 heteroatoms. The smallest absolute Gasteiger partial charge is 0.224 e. The Hall–Kier alpha value is -1.58. The van der Waals surface area contributed by atoms with Gasteiger partial charge in [-0.05, 0) is 24.1 Å². The molecule has 3 nitrogen and oxygen atoms in total. The summed E-state index contributed by atoms with van der Waals surface area (Å²) in [4.78, 5) is 8.03. The third-order valence-corrected chi connectivity index (χ3v) is 3.31. The molecule has 1 aromatic carbocycles. The first-order chi connectivity index (χ1) is 9.19. The van der Waals surface area contributed by atoms with Gasteiger partial charge in [-0.1, -0.05) is 36.7 Å². The number of aryl methyl sites for hydroxylation is 1. The average molecular weight is 293 g/mol. The van der Waals surface area contributed by atoms with Crippen LogP contribution in [0.3, 0.4) is 0 Å². The molecule has 0 spiro atoms. The number of benzene rings is 1. The number of hydrogen-bond donors (Lipinski definition) is 0. The van der Waals surface area contributed by atoms with E-state index in [1.807, 2.05) is 24.3 Å². The molecule has 0 atom stereocenters. The van der Waals surface area contributed by atoms with Crippen molar-refractivity contribution in [3.63, 3.8) is 0 Å². The highest BCUT2D eigenvalue weighted by Crippen LogP contribution is 2.33. The minimum atomic E-state index is 0.116. The molecule has 0 fully saturated rings. The van der Waals surface area contributed by atoms with Crippen LogP contribution in [0.1, 0.15) is 12.5 Å². The maximum atomic E-state index is 5.92. The molecule has 3 rings (SSSR count). The fraction of sp³-hybridized carbons (Fsp3) is 0.143. The second-order valence-corrected chi connectivity index (χ2v) is 4.83. The molecule has 0 aliphatic heterocycles. The number of furan rings is 1. The average Bonchev–Trinajstić information content (AvgIpc) is 2.76. The van der Waals surface area contributed by atoms with Crippen LogP contribution in [0.5, 0.6) is 0 Å². The predicted molar refractivity (Wildman–Crippen MR) is 76.6 cm³/mol. The van der Waals surface area contributed by atoms with Gasteiger partial charge in [0.2, 0.25) is 5.28 Å². The Bertz CT molecular complexity index is 732. The van der Waals surface area contributed by atoms with Gasteiger partial charge in [-0.15, -0.1) is 0 Å². The molecule has 2 aromatic heterocycles. The lowest BCUT2D eigenvalue weighted by Gasteiger charge is -2.01. The first kappa shape index (κ1) is 12.5. The van der Waals surface area contributed by atoms with Gasteiger partial charge in [0, 0.05) is 17.0 Å². The maximum absolute atomic E-state index is 5.92. The molecule has 0 aliphatic carbocycles. The second-order valence-electron chi connectivity index (χ2n) is 4.10. The number of para-hydroxylation sites is 1. The van der Waals surface area contributed by atoms with Gasteiger partial charge in [-0.3, -0.25) is 0 Å². The zero-order chi connectivity index (χ0) is 13.4. The van der Waals surface area contributed by atoms with Gasteiger partial charge in [-0.2, -0.15) is 0 Å². The van der Waals surface area contributed by atoms with E-state index in [-0.39, 0.29) is 5.28 Å². The molecule has 0 unspecified atom stereocenters. The zero-order valence-corrected chi connectivity index (χ0v) is 11.7. The molecule has 0 aliphatic rings. The number of halogens is 2. The van der Waals surface area contributed by atoms with Crippen LogP contribution >= 0.6 is 23.2 Å². The monoisotopic (exact) mass is 292 g/mol. The summed E-state index contributed by atoms with van der Waals surface area (Å²) in [7, 11) is 0. The number of fused-ring (bicyclic) bond motifs is 1. The van der Waals surface area contributed by atoms with Crippen molar-refractivity contribution in [2.75, 3.05) is 0 Å².